The molecule has 0 aliphatic rings. The first kappa shape index (κ1) is 13.8. The highest BCUT2D eigenvalue weighted by Crippen LogP contribution is 2.28. The molecule has 96 valence electrons. The van der Waals surface area contributed by atoms with Crippen molar-refractivity contribution in [3.63, 3.8) is 0 Å². The van der Waals surface area contributed by atoms with Crippen LogP contribution in [0.3, 0.4) is 0 Å². The highest BCUT2D eigenvalue weighted by atomic mass is 127. The molecule has 1 heterocycles. The van der Waals surface area contributed by atoms with Crippen molar-refractivity contribution in [2.45, 2.75) is 26.3 Å². The van der Waals surface area contributed by atoms with Crippen molar-refractivity contribution in [3.05, 3.63) is 49.5 Å². The summed E-state index contributed by atoms with van der Waals surface area (Å²) in [6, 6.07) is 9.41. The smallest absolute Gasteiger partial charge is 0.124 e. The Morgan fingerprint density at radius 3 is 2.72 bits per heavy atom. The molecular weight excluding hydrogens is 360 g/mol. The lowest BCUT2D eigenvalue weighted by Crippen LogP contribution is -2.06. The Bertz CT molecular complexity index is 538. The van der Waals surface area contributed by atoms with Crippen LogP contribution in [0.1, 0.15) is 29.6 Å². The van der Waals surface area contributed by atoms with Crippen LogP contribution in [0.5, 0.6) is 0 Å². The standard InChI is InChI=1S/C14H15FINS/c1-3-11-5-7-14(18-11)9(2)17-13-6-4-10(15)8-12(13)16/h4-9,17H,3H2,1-2H3. The first-order valence-corrected chi connectivity index (χ1v) is 7.80. The Morgan fingerprint density at radius 2 is 2.11 bits per heavy atom. The zero-order valence-corrected chi connectivity index (χ0v) is 13.3. The third-order valence-corrected chi connectivity index (χ3v) is 5.07. The molecule has 1 aromatic carbocycles. The summed E-state index contributed by atoms with van der Waals surface area (Å²) >= 11 is 3.98. The van der Waals surface area contributed by atoms with Gasteiger partial charge in [-0.25, -0.2) is 4.39 Å². The number of anilines is 1. The molecule has 0 spiro atoms. The normalized spacial score (nSPS) is 12.4. The Hall–Kier alpha value is -0.620. The van der Waals surface area contributed by atoms with Crippen LogP contribution in [0, 0.1) is 9.39 Å². The molecule has 18 heavy (non-hydrogen) atoms. The Labute approximate surface area is 125 Å². The van der Waals surface area contributed by atoms with Crippen molar-refractivity contribution in [3.8, 4) is 0 Å². The van der Waals surface area contributed by atoms with E-state index in [2.05, 4.69) is 53.9 Å². The molecule has 1 unspecified atom stereocenters. The number of halogens is 2. The van der Waals surface area contributed by atoms with E-state index < -0.39 is 0 Å². The van der Waals surface area contributed by atoms with Gasteiger partial charge in [0.05, 0.1) is 6.04 Å². The minimum absolute atomic E-state index is 0.193. The van der Waals surface area contributed by atoms with E-state index in [1.807, 2.05) is 11.3 Å². The molecule has 4 heteroatoms. The van der Waals surface area contributed by atoms with E-state index in [1.54, 1.807) is 12.1 Å². The largest absolute Gasteiger partial charge is 0.377 e. The van der Waals surface area contributed by atoms with Crippen LogP contribution in [0.25, 0.3) is 0 Å². The van der Waals surface area contributed by atoms with Crippen molar-refractivity contribution >= 4 is 39.6 Å². The van der Waals surface area contributed by atoms with Gasteiger partial charge in [-0.1, -0.05) is 6.92 Å². The number of hydrogen-bond acceptors (Lipinski definition) is 2. The van der Waals surface area contributed by atoms with Gasteiger partial charge < -0.3 is 5.32 Å². The van der Waals surface area contributed by atoms with E-state index in [4.69, 9.17) is 0 Å². The van der Waals surface area contributed by atoms with Gasteiger partial charge in [0.1, 0.15) is 5.82 Å². The lowest BCUT2D eigenvalue weighted by Gasteiger charge is -2.15. The number of thiophene rings is 1. The Balaban J connectivity index is 2.13. The van der Waals surface area contributed by atoms with E-state index in [-0.39, 0.29) is 11.9 Å². The van der Waals surface area contributed by atoms with Crippen LogP contribution in [0.2, 0.25) is 0 Å². The van der Waals surface area contributed by atoms with Gasteiger partial charge in [0.2, 0.25) is 0 Å². The van der Waals surface area contributed by atoms with E-state index in [1.165, 1.54) is 15.8 Å². The molecule has 0 aliphatic carbocycles. The molecule has 1 N–H and O–H groups in total. The molecule has 2 aromatic rings. The van der Waals surface area contributed by atoms with E-state index in [9.17, 15) is 4.39 Å². The van der Waals surface area contributed by atoms with Crippen LogP contribution in [0.4, 0.5) is 10.1 Å². The highest BCUT2D eigenvalue weighted by molar-refractivity contribution is 14.1. The van der Waals surface area contributed by atoms with E-state index in [0.717, 1.165) is 15.7 Å². The third kappa shape index (κ3) is 3.23. The van der Waals surface area contributed by atoms with Gasteiger partial charge in [0, 0.05) is 19.0 Å². The van der Waals surface area contributed by atoms with Crippen LogP contribution in [-0.4, -0.2) is 0 Å². The molecule has 0 fully saturated rings. The van der Waals surface area contributed by atoms with Crippen molar-refractivity contribution in [1.82, 2.24) is 0 Å². The van der Waals surface area contributed by atoms with Gasteiger partial charge in [-0.2, -0.15) is 0 Å². The first-order valence-electron chi connectivity index (χ1n) is 5.90. The summed E-state index contributed by atoms with van der Waals surface area (Å²) in [5.41, 5.74) is 0.982. The number of benzene rings is 1. The van der Waals surface area contributed by atoms with Gasteiger partial charge >= 0.3 is 0 Å². The molecule has 1 nitrogen and oxygen atoms in total. The molecule has 0 aliphatic heterocycles. The molecule has 2 rings (SSSR count). The average molecular weight is 375 g/mol. The second-order valence-electron chi connectivity index (χ2n) is 4.15. The zero-order valence-electron chi connectivity index (χ0n) is 10.3. The molecule has 0 bridgehead atoms. The summed E-state index contributed by atoms with van der Waals surface area (Å²) in [6.07, 6.45) is 1.07. The van der Waals surface area contributed by atoms with Crippen molar-refractivity contribution in [2.75, 3.05) is 5.32 Å². The quantitative estimate of drug-likeness (QED) is 0.722. The summed E-state index contributed by atoms with van der Waals surface area (Å²) in [5.74, 6) is -0.193. The number of rotatable bonds is 4. The summed E-state index contributed by atoms with van der Waals surface area (Å²) < 4.78 is 13.9. The maximum absolute atomic E-state index is 13.0. The van der Waals surface area contributed by atoms with Crippen LogP contribution >= 0.6 is 33.9 Å². The maximum atomic E-state index is 13.0. The molecule has 1 atom stereocenters. The predicted octanol–water partition coefficient (Wildman–Crippen LogP) is 5.23. The SMILES string of the molecule is CCc1ccc(C(C)Nc2ccc(F)cc2I)s1. The zero-order chi connectivity index (χ0) is 13.1. The summed E-state index contributed by atoms with van der Waals surface area (Å²) in [7, 11) is 0. The highest BCUT2D eigenvalue weighted by Gasteiger charge is 2.10. The summed E-state index contributed by atoms with van der Waals surface area (Å²) in [5, 5.41) is 3.43. The van der Waals surface area contributed by atoms with Gasteiger partial charge in [-0.15, -0.1) is 11.3 Å². The Kier molecular flexibility index (Phi) is 4.61. The van der Waals surface area contributed by atoms with Gasteiger partial charge in [0.25, 0.3) is 0 Å². The second-order valence-corrected chi connectivity index (χ2v) is 6.51. The second kappa shape index (κ2) is 6.02. The van der Waals surface area contributed by atoms with Crippen LogP contribution in [-0.2, 0) is 6.42 Å². The average Bonchev–Trinajstić information content (AvgIpc) is 2.81. The summed E-state index contributed by atoms with van der Waals surface area (Å²) in [6.45, 7) is 4.29. The van der Waals surface area contributed by atoms with Crippen molar-refractivity contribution in [1.29, 1.82) is 0 Å². The maximum Gasteiger partial charge on any atom is 0.124 e. The topological polar surface area (TPSA) is 12.0 Å². The lowest BCUT2D eigenvalue weighted by atomic mass is 10.2. The molecule has 1 aromatic heterocycles. The molecule has 0 amide bonds. The van der Waals surface area contributed by atoms with Gasteiger partial charge in [-0.05, 0) is 66.3 Å². The van der Waals surface area contributed by atoms with E-state index in [0.29, 0.717) is 0 Å². The number of hydrogen-bond donors (Lipinski definition) is 1. The van der Waals surface area contributed by atoms with Crippen molar-refractivity contribution in [2.24, 2.45) is 0 Å². The number of aryl methyl sites for hydroxylation is 1. The van der Waals surface area contributed by atoms with E-state index >= 15 is 0 Å². The predicted molar refractivity (Wildman–Crippen MR) is 84.9 cm³/mol. The number of nitrogens with one attached hydrogen (secondary N) is 1. The fourth-order valence-corrected chi connectivity index (χ4v) is 3.32. The van der Waals surface area contributed by atoms with Gasteiger partial charge in [0.15, 0.2) is 0 Å². The lowest BCUT2D eigenvalue weighted by molar-refractivity contribution is 0.627. The fourth-order valence-electron chi connectivity index (χ4n) is 1.73. The summed E-state index contributed by atoms with van der Waals surface area (Å²) in [4.78, 5) is 2.71. The monoisotopic (exact) mass is 375 g/mol. The van der Waals surface area contributed by atoms with Gasteiger partial charge in [-0.3, -0.25) is 0 Å². The molecule has 0 radical (unpaired) electrons. The van der Waals surface area contributed by atoms with Crippen molar-refractivity contribution < 1.29 is 4.39 Å². The minimum Gasteiger partial charge on any atom is -0.377 e. The minimum atomic E-state index is -0.193. The third-order valence-electron chi connectivity index (χ3n) is 2.76. The molecule has 0 saturated carbocycles. The first-order chi connectivity index (χ1) is 8.60. The molecular formula is C14H15FINS. The fraction of sp³-hybridized carbons (Fsp3) is 0.286. The van der Waals surface area contributed by atoms with Crippen LogP contribution in [0.15, 0.2) is 30.3 Å². The van der Waals surface area contributed by atoms with Crippen LogP contribution < -0.4 is 5.32 Å². The Morgan fingerprint density at radius 1 is 1.33 bits per heavy atom. The molecule has 0 saturated heterocycles.